The van der Waals surface area contributed by atoms with Crippen molar-refractivity contribution in [1.29, 1.82) is 0 Å². The Morgan fingerprint density at radius 3 is 2.78 bits per heavy atom. The lowest BCUT2D eigenvalue weighted by Gasteiger charge is -2.30. The van der Waals surface area contributed by atoms with E-state index >= 15 is 0 Å². The van der Waals surface area contributed by atoms with Crippen LogP contribution in [-0.2, 0) is 14.8 Å². The molecule has 1 atom stereocenters. The number of hydrogen-bond donors (Lipinski definition) is 1. The first-order valence-corrected chi connectivity index (χ1v) is 11.4. The summed E-state index contributed by atoms with van der Waals surface area (Å²) in [5.41, 5.74) is 0. The van der Waals surface area contributed by atoms with Gasteiger partial charge < -0.3 is 10.1 Å². The van der Waals surface area contributed by atoms with Crippen molar-refractivity contribution >= 4 is 38.9 Å². The molecule has 0 radical (unpaired) electrons. The maximum atomic E-state index is 12.6. The number of amides is 1. The summed E-state index contributed by atoms with van der Waals surface area (Å²) in [6, 6.07) is 10.3. The van der Waals surface area contributed by atoms with Gasteiger partial charge in [0.1, 0.15) is 16.6 Å². The first-order valence-electron chi connectivity index (χ1n) is 8.66. The van der Waals surface area contributed by atoms with Crippen LogP contribution in [-0.4, -0.2) is 44.9 Å². The van der Waals surface area contributed by atoms with Crippen LogP contribution in [0.25, 0.3) is 0 Å². The Morgan fingerprint density at radius 2 is 2.07 bits per heavy atom. The molecule has 1 aliphatic heterocycles. The Morgan fingerprint density at radius 1 is 1.30 bits per heavy atom. The predicted molar refractivity (Wildman–Crippen MR) is 106 cm³/mol. The van der Waals surface area contributed by atoms with Crippen molar-refractivity contribution in [3.63, 3.8) is 0 Å². The molecule has 1 amide bonds. The lowest BCUT2D eigenvalue weighted by atomic mass is 9.99. The topological polar surface area (TPSA) is 75.7 Å². The van der Waals surface area contributed by atoms with E-state index < -0.39 is 10.0 Å². The lowest BCUT2D eigenvalue weighted by Crippen LogP contribution is -2.45. The Hall–Kier alpha value is -1.61. The molecule has 3 rings (SSSR count). The highest BCUT2D eigenvalue weighted by Crippen LogP contribution is 2.26. The summed E-state index contributed by atoms with van der Waals surface area (Å²) >= 11 is 7.01. The largest absolute Gasteiger partial charge is 0.492 e. The minimum atomic E-state index is -3.51. The number of hydrogen-bond acceptors (Lipinski definition) is 5. The van der Waals surface area contributed by atoms with Gasteiger partial charge in [-0.3, -0.25) is 4.79 Å². The maximum Gasteiger partial charge on any atom is 0.252 e. The molecular formula is C18H21ClN2O4S2. The van der Waals surface area contributed by atoms with E-state index in [1.54, 1.807) is 41.8 Å². The monoisotopic (exact) mass is 428 g/mol. The van der Waals surface area contributed by atoms with Crippen molar-refractivity contribution in [2.24, 2.45) is 5.92 Å². The van der Waals surface area contributed by atoms with Gasteiger partial charge in [-0.2, -0.15) is 4.31 Å². The highest BCUT2D eigenvalue weighted by Gasteiger charge is 2.33. The summed E-state index contributed by atoms with van der Waals surface area (Å²) in [6.45, 7) is 1.35. The molecule has 0 spiro atoms. The summed E-state index contributed by atoms with van der Waals surface area (Å²) < 4.78 is 32.5. The van der Waals surface area contributed by atoms with Gasteiger partial charge in [0.2, 0.25) is 5.91 Å². The van der Waals surface area contributed by atoms with Crippen molar-refractivity contribution in [2.75, 3.05) is 26.2 Å². The van der Waals surface area contributed by atoms with E-state index in [1.807, 2.05) is 0 Å². The zero-order chi connectivity index (χ0) is 19.3. The normalized spacial score (nSPS) is 18.2. The summed E-state index contributed by atoms with van der Waals surface area (Å²) in [5, 5.41) is 5.20. The molecule has 2 aromatic rings. The maximum absolute atomic E-state index is 12.6. The van der Waals surface area contributed by atoms with E-state index in [9.17, 15) is 13.2 Å². The van der Waals surface area contributed by atoms with Crippen molar-refractivity contribution in [1.82, 2.24) is 9.62 Å². The van der Waals surface area contributed by atoms with Gasteiger partial charge in [-0.25, -0.2) is 8.42 Å². The van der Waals surface area contributed by atoms with E-state index in [-0.39, 0.29) is 18.4 Å². The summed E-state index contributed by atoms with van der Waals surface area (Å²) in [4.78, 5) is 12.4. The Balaban J connectivity index is 1.47. The number of carbonyl (C=O) groups is 1. The molecule has 0 unspecified atom stereocenters. The SMILES string of the molecule is O=C(NCCOc1ccc(Cl)cc1)[C@@H]1CCCN(S(=O)(=O)c2cccs2)C1. The number of nitrogens with zero attached hydrogens (tertiary/aromatic N) is 1. The molecule has 0 saturated carbocycles. The third kappa shape index (κ3) is 5.22. The first-order chi connectivity index (χ1) is 13.0. The molecule has 146 valence electrons. The van der Waals surface area contributed by atoms with Crippen molar-refractivity contribution in [3.8, 4) is 5.75 Å². The van der Waals surface area contributed by atoms with Gasteiger partial charge in [-0.05, 0) is 48.6 Å². The second-order valence-electron chi connectivity index (χ2n) is 6.23. The number of carbonyl (C=O) groups excluding carboxylic acids is 1. The number of thiophene rings is 1. The van der Waals surface area contributed by atoms with Crippen LogP contribution in [0.4, 0.5) is 0 Å². The van der Waals surface area contributed by atoms with E-state index in [2.05, 4.69) is 5.32 Å². The number of nitrogens with one attached hydrogen (secondary N) is 1. The van der Waals surface area contributed by atoms with E-state index in [0.717, 1.165) is 0 Å². The zero-order valence-electron chi connectivity index (χ0n) is 14.6. The molecule has 1 aromatic carbocycles. The van der Waals surface area contributed by atoms with E-state index in [4.69, 9.17) is 16.3 Å². The number of ether oxygens (including phenoxy) is 1. The van der Waals surface area contributed by atoms with Crippen LogP contribution in [0.1, 0.15) is 12.8 Å². The number of piperidine rings is 1. The minimum absolute atomic E-state index is 0.138. The van der Waals surface area contributed by atoms with Crippen LogP contribution >= 0.6 is 22.9 Å². The van der Waals surface area contributed by atoms with Gasteiger partial charge in [0.05, 0.1) is 12.5 Å². The van der Waals surface area contributed by atoms with Crippen molar-refractivity contribution in [3.05, 3.63) is 46.8 Å². The predicted octanol–water partition coefficient (Wildman–Crippen LogP) is 3.00. The van der Waals surface area contributed by atoms with Crippen LogP contribution in [0.5, 0.6) is 5.75 Å². The molecular weight excluding hydrogens is 408 g/mol. The van der Waals surface area contributed by atoms with Gasteiger partial charge in [0.25, 0.3) is 10.0 Å². The van der Waals surface area contributed by atoms with Crippen LogP contribution in [0.2, 0.25) is 5.02 Å². The molecule has 1 fully saturated rings. The molecule has 1 saturated heterocycles. The number of rotatable bonds is 7. The molecule has 9 heteroatoms. The molecule has 2 heterocycles. The number of benzene rings is 1. The van der Waals surface area contributed by atoms with Crippen LogP contribution in [0.3, 0.4) is 0 Å². The molecule has 27 heavy (non-hydrogen) atoms. The Labute approximate surface area is 168 Å². The van der Waals surface area contributed by atoms with Gasteiger partial charge in [-0.15, -0.1) is 11.3 Å². The zero-order valence-corrected chi connectivity index (χ0v) is 17.0. The molecule has 1 aromatic heterocycles. The lowest BCUT2D eigenvalue weighted by molar-refractivity contribution is -0.126. The number of sulfonamides is 1. The quantitative estimate of drug-likeness (QED) is 0.688. The third-order valence-electron chi connectivity index (χ3n) is 4.33. The fraction of sp³-hybridized carbons (Fsp3) is 0.389. The van der Waals surface area contributed by atoms with Crippen molar-refractivity contribution < 1.29 is 17.9 Å². The van der Waals surface area contributed by atoms with E-state index in [0.29, 0.717) is 47.5 Å². The first kappa shape index (κ1) is 20.1. The molecule has 0 bridgehead atoms. The summed E-state index contributed by atoms with van der Waals surface area (Å²) in [6.07, 6.45) is 1.35. The molecule has 6 nitrogen and oxygen atoms in total. The van der Waals surface area contributed by atoms with E-state index in [1.165, 1.54) is 15.6 Å². The van der Waals surface area contributed by atoms with Gasteiger partial charge >= 0.3 is 0 Å². The van der Waals surface area contributed by atoms with Crippen LogP contribution in [0.15, 0.2) is 46.0 Å². The van der Waals surface area contributed by atoms with Crippen LogP contribution < -0.4 is 10.1 Å². The molecule has 1 N–H and O–H groups in total. The highest BCUT2D eigenvalue weighted by atomic mass is 35.5. The Bertz CT molecular complexity index is 854. The third-order valence-corrected chi connectivity index (χ3v) is 7.82. The summed E-state index contributed by atoms with van der Waals surface area (Å²) in [7, 11) is -3.51. The van der Waals surface area contributed by atoms with Gasteiger partial charge in [-0.1, -0.05) is 17.7 Å². The average molecular weight is 429 g/mol. The van der Waals surface area contributed by atoms with Gasteiger partial charge in [0.15, 0.2) is 0 Å². The van der Waals surface area contributed by atoms with Gasteiger partial charge in [0, 0.05) is 18.1 Å². The van der Waals surface area contributed by atoms with Crippen LogP contribution in [0, 0.1) is 5.92 Å². The number of halogens is 1. The minimum Gasteiger partial charge on any atom is -0.492 e. The fourth-order valence-electron chi connectivity index (χ4n) is 2.93. The highest BCUT2D eigenvalue weighted by molar-refractivity contribution is 7.91. The summed E-state index contributed by atoms with van der Waals surface area (Å²) in [5.74, 6) is 0.198. The molecule has 1 aliphatic rings. The standard InChI is InChI=1S/C18H21ClN2O4S2/c19-15-5-7-16(8-6-15)25-11-9-20-18(22)14-3-1-10-21(13-14)27(23,24)17-4-2-12-26-17/h2,4-8,12,14H,1,3,9-11,13H2,(H,20,22)/t14-/m1/s1. The van der Waals surface area contributed by atoms with Crippen molar-refractivity contribution in [2.45, 2.75) is 17.1 Å². The molecule has 0 aliphatic carbocycles. The second kappa shape index (κ2) is 9.05. The average Bonchev–Trinajstić information content (AvgIpc) is 3.22. The fourth-order valence-corrected chi connectivity index (χ4v) is 5.72. The smallest absolute Gasteiger partial charge is 0.252 e. The second-order valence-corrected chi connectivity index (χ2v) is 9.78. The Kier molecular flexibility index (Phi) is 6.75.